The summed E-state index contributed by atoms with van der Waals surface area (Å²) < 4.78 is 5.13. The van der Waals surface area contributed by atoms with Crippen molar-refractivity contribution in [2.45, 2.75) is 6.92 Å². The van der Waals surface area contributed by atoms with E-state index in [1.807, 2.05) is 25.1 Å². The minimum absolute atomic E-state index is 0.319. The Morgan fingerprint density at radius 3 is 2.43 bits per heavy atom. The molecule has 0 aliphatic heterocycles. The van der Waals surface area contributed by atoms with E-state index in [2.05, 4.69) is 0 Å². The maximum absolute atomic E-state index is 12.0. The number of hydrogen-bond acceptors (Lipinski definition) is 3. The summed E-state index contributed by atoms with van der Waals surface area (Å²) in [5, 5.41) is 0.597. The maximum Gasteiger partial charge on any atom is 0.336 e. The van der Waals surface area contributed by atoms with Crippen LogP contribution in [-0.2, 0) is 9.59 Å². The summed E-state index contributed by atoms with van der Waals surface area (Å²) in [5.41, 5.74) is 1.55. The first kappa shape index (κ1) is 16.8. The SMILES string of the molecule is Cc1cc(OC(=O)/C=C/C(=O)N(C)c2ccccc2)ccc1Cl. The zero-order chi connectivity index (χ0) is 16.8. The Kier molecular flexibility index (Phi) is 5.55. The zero-order valence-corrected chi connectivity index (χ0v) is 13.6. The molecule has 0 unspecified atom stereocenters. The van der Waals surface area contributed by atoms with E-state index in [0.717, 1.165) is 17.3 Å². The first-order chi connectivity index (χ1) is 11.0. The summed E-state index contributed by atoms with van der Waals surface area (Å²) in [4.78, 5) is 25.2. The summed E-state index contributed by atoms with van der Waals surface area (Å²) in [6, 6.07) is 14.0. The minimum Gasteiger partial charge on any atom is -0.423 e. The number of carbonyl (C=O) groups excluding carboxylic acids is 2. The van der Waals surface area contributed by atoms with Gasteiger partial charge in [0, 0.05) is 29.9 Å². The number of carbonyl (C=O) groups is 2. The van der Waals surface area contributed by atoms with Crippen molar-refractivity contribution >= 4 is 29.2 Å². The van der Waals surface area contributed by atoms with Gasteiger partial charge in [-0.05, 0) is 42.8 Å². The molecular formula is C18H16ClNO3. The normalized spacial score (nSPS) is 10.6. The smallest absolute Gasteiger partial charge is 0.336 e. The van der Waals surface area contributed by atoms with Gasteiger partial charge in [-0.2, -0.15) is 0 Å². The number of hydrogen-bond donors (Lipinski definition) is 0. The van der Waals surface area contributed by atoms with Crippen LogP contribution in [0.4, 0.5) is 5.69 Å². The van der Waals surface area contributed by atoms with Gasteiger partial charge in [0.1, 0.15) is 5.75 Å². The number of rotatable bonds is 4. The third-order valence-corrected chi connectivity index (χ3v) is 3.61. The van der Waals surface area contributed by atoms with Gasteiger partial charge in [-0.3, -0.25) is 4.79 Å². The van der Waals surface area contributed by atoms with Crippen molar-refractivity contribution < 1.29 is 14.3 Å². The second-order valence-corrected chi connectivity index (χ2v) is 5.31. The Labute approximate surface area is 139 Å². The first-order valence-electron chi connectivity index (χ1n) is 6.96. The quantitative estimate of drug-likeness (QED) is 0.487. The largest absolute Gasteiger partial charge is 0.423 e. The van der Waals surface area contributed by atoms with Gasteiger partial charge in [0.05, 0.1) is 0 Å². The first-order valence-corrected chi connectivity index (χ1v) is 7.34. The van der Waals surface area contributed by atoms with Gasteiger partial charge in [0.2, 0.25) is 0 Å². The van der Waals surface area contributed by atoms with Crippen LogP contribution in [-0.4, -0.2) is 18.9 Å². The number of para-hydroxylation sites is 1. The van der Waals surface area contributed by atoms with Crippen molar-refractivity contribution in [1.29, 1.82) is 0 Å². The Morgan fingerprint density at radius 2 is 1.78 bits per heavy atom. The predicted molar refractivity (Wildman–Crippen MR) is 90.8 cm³/mol. The molecule has 0 aromatic heterocycles. The van der Waals surface area contributed by atoms with Crippen LogP contribution in [0.5, 0.6) is 5.75 Å². The number of benzene rings is 2. The van der Waals surface area contributed by atoms with Crippen LogP contribution >= 0.6 is 11.6 Å². The molecule has 0 fully saturated rings. The summed E-state index contributed by atoms with van der Waals surface area (Å²) in [5.74, 6) is -0.563. The molecule has 0 saturated heterocycles. The number of amides is 1. The highest BCUT2D eigenvalue weighted by molar-refractivity contribution is 6.31. The molecule has 118 valence electrons. The number of esters is 1. The standard InChI is InChI=1S/C18H16ClNO3/c1-13-12-15(8-9-16(13)19)23-18(22)11-10-17(21)20(2)14-6-4-3-5-7-14/h3-12H,1-2H3/b11-10+. The Bertz CT molecular complexity index is 741. The second kappa shape index (κ2) is 7.61. The van der Waals surface area contributed by atoms with Gasteiger partial charge in [-0.15, -0.1) is 0 Å². The number of aryl methyl sites for hydroxylation is 1. The molecule has 0 N–H and O–H groups in total. The molecule has 0 radical (unpaired) electrons. The van der Waals surface area contributed by atoms with E-state index in [-0.39, 0.29) is 5.91 Å². The molecule has 0 atom stereocenters. The zero-order valence-electron chi connectivity index (χ0n) is 12.8. The van der Waals surface area contributed by atoms with Crippen LogP contribution in [0.25, 0.3) is 0 Å². The van der Waals surface area contributed by atoms with Crippen molar-refractivity contribution in [3.05, 3.63) is 71.3 Å². The molecule has 0 spiro atoms. The highest BCUT2D eigenvalue weighted by atomic mass is 35.5. The van der Waals surface area contributed by atoms with Gasteiger partial charge in [0.25, 0.3) is 5.91 Å². The molecule has 23 heavy (non-hydrogen) atoms. The highest BCUT2D eigenvalue weighted by Crippen LogP contribution is 2.21. The summed E-state index contributed by atoms with van der Waals surface area (Å²) in [7, 11) is 1.63. The van der Waals surface area contributed by atoms with Crippen LogP contribution in [0, 0.1) is 6.92 Å². The lowest BCUT2D eigenvalue weighted by Crippen LogP contribution is -2.24. The molecule has 0 saturated carbocycles. The third-order valence-electron chi connectivity index (χ3n) is 3.18. The van der Waals surface area contributed by atoms with Gasteiger partial charge in [-0.25, -0.2) is 4.79 Å². The fourth-order valence-corrected chi connectivity index (χ4v) is 1.98. The highest BCUT2D eigenvalue weighted by Gasteiger charge is 2.08. The fourth-order valence-electron chi connectivity index (χ4n) is 1.86. The monoisotopic (exact) mass is 329 g/mol. The topological polar surface area (TPSA) is 46.6 Å². The van der Waals surface area contributed by atoms with E-state index in [1.54, 1.807) is 37.4 Å². The molecule has 4 nitrogen and oxygen atoms in total. The van der Waals surface area contributed by atoms with E-state index in [0.29, 0.717) is 10.8 Å². The second-order valence-electron chi connectivity index (χ2n) is 4.90. The maximum atomic E-state index is 12.0. The molecule has 2 rings (SSSR count). The van der Waals surface area contributed by atoms with Gasteiger partial charge in [-0.1, -0.05) is 29.8 Å². The molecule has 0 aliphatic rings. The van der Waals surface area contributed by atoms with Crippen LogP contribution in [0.3, 0.4) is 0 Å². The van der Waals surface area contributed by atoms with Crippen LogP contribution in [0.1, 0.15) is 5.56 Å². The summed E-state index contributed by atoms with van der Waals surface area (Å²) >= 11 is 5.91. The summed E-state index contributed by atoms with van der Waals surface area (Å²) in [6.45, 7) is 1.81. The number of halogens is 1. The lowest BCUT2D eigenvalue weighted by atomic mass is 10.2. The third kappa shape index (κ3) is 4.69. The molecule has 5 heteroatoms. The lowest BCUT2D eigenvalue weighted by Gasteiger charge is -2.14. The average molecular weight is 330 g/mol. The van der Waals surface area contributed by atoms with Crippen molar-refractivity contribution in [3.8, 4) is 5.75 Å². The lowest BCUT2D eigenvalue weighted by molar-refractivity contribution is -0.129. The average Bonchev–Trinajstić information content (AvgIpc) is 2.56. The number of ether oxygens (including phenoxy) is 1. The van der Waals surface area contributed by atoms with E-state index in [1.165, 1.54) is 11.0 Å². The van der Waals surface area contributed by atoms with Gasteiger partial charge < -0.3 is 9.64 Å². The minimum atomic E-state index is -0.624. The van der Waals surface area contributed by atoms with Gasteiger partial charge in [0.15, 0.2) is 0 Å². The Morgan fingerprint density at radius 1 is 1.09 bits per heavy atom. The molecule has 1 amide bonds. The Balaban J connectivity index is 1.97. The van der Waals surface area contributed by atoms with Crippen LogP contribution in [0.15, 0.2) is 60.7 Å². The number of anilines is 1. The van der Waals surface area contributed by atoms with E-state index in [9.17, 15) is 9.59 Å². The number of likely N-dealkylation sites (N-methyl/N-ethyl adjacent to an activating group) is 1. The predicted octanol–water partition coefficient (Wildman–Crippen LogP) is 3.77. The van der Waals surface area contributed by atoms with E-state index < -0.39 is 5.97 Å². The van der Waals surface area contributed by atoms with Gasteiger partial charge >= 0.3 is 5.97 Å². The van der Waals surface area contributed by atoms with Crippen molar-refractivity contribution in [2.75, 3.05) is 11.9 Å². The Hall–Kier alpha value is -2.59. The van der Waals surface area contributed by atoms with Crippen LogP contribution < -0.4 is 9.64 Å². The molecular weight excluding hydrogens is 314 g/mol. The molecule has 0 aliphatic carbocycles. The van der Waals surface area contributed by atoms with Crippen molar-refractivity contribution in [1.82, 2.24) is 0 Å². The molecule has 2 aromatic rings. The van der Waals surface area contributed by atoms with E-state index >= 15 is 0 Å². The van der Waals surface area contributed by atoms with Crippen molar-refractivity contribution in [3.63, 3.8) is 0 Å². The summed E-state index contributed by atoms with van der Waals surface area (Å²) in [6.07, 6.45) is 2.28. The van der Waals surface area contributed by atoms with Crippen LogP contribution in [0.2, 0.25) is 5.02 Å². The molecule has 0 heterocycles. The molecule has 0 bridgehead atoms. The van der Waals surface area contributed by atoms with E-state index in [4.69, 9.17) is 16.3 Å². The molecule has 2 aromatic carbocycles. The van der Waals surface area contributed by atoms with Crippen molar-refractivity contribution in [2.24, 2.45) is 0 Å². The number of nitrogens with zero attached hydrogens (tertiary/aromatic N) is 1. The fraction of sp³-hybridized carbons (Fsp3) is 0.111.